The Balaban J connectivity index is 0.732. The highest BCUT2D eigenvalue weighted by Gasteiger charge is 2.18. The largest absolute Gasteiger partial charge is 0.496 e. The molecule has 0 bridgehead atoms. The minimum absolute atomic E-state index is 0.332. The zero-order valence-electron chi connectivity index (χ0n) is 53.8. The normalized spacial score (nSPS) is 11.5. The Morgan fingerprint density at radius 3 is 0.663 bits per heavy atom. The molecule has 470 valence electrons. The van der Waals surface area contributed by atoms with Crippen LogP contribution in [-0.4, -0.2) is 43.0 Å². The third kappa shape index (κ3) is 20.8. The summed E-state index contributed by atoms with van der Waals surface area (Å²) in [5.74, 6) is 2.88. The predicted octanol–water partition coefficient (Wildman–Crippen LogP) is 16.1. The van der Waals surface area contributed by atoms with Crippen molar-refractivity contribution in [3.63, 3.8) is 0 Å². The topological polar surface area (TPSA) is 128 Å². The lowest BCUT2D eigenvalue weighted by atomic mass is 10.1. The van der Waals surface area contributed by atoms with Gasteiger partial charge < -0.3 is 56.5 Å². The molecule has 0 aliphatic heterocycles. The number of hydrogen-bond acceptors (Lipinski definition) is 13. The van der Waals surface area contributed by atoms with Crippen molar-refractivity contribution in [3.8, 4) is 23.0 Å². The molecule has 0 aliphatic rings. The van der Waals surface area contributed by atoms with Crippen LogP contribution < -0.4 is 18.9 Å². The summed E-state index contributed by atoms with van der Waals surface area (Å²) in [7, 11) is 5.08. The lowest BCUT2D eigenvalue weighted by Crippen LogP contribution is -2.24. The van der Waals surface area contributed by atoms with Crippen molar-refractivity contribution in [2.75, 3.05) is 28.4 Å². The molecule has 0 aromatic heterocycles. The Morgan fingerprint density at radius 1 is 0.281 bits per heavy atom. The average molecular weight is 1230 g/mol. The summed E-state index contributed by atoms with van der Waals surface area (Å²) in [4.78, 5) is 11.5. The number of rotatable bonds is 36. The summed E-state index contributed by atoms with van der Waals surface area (Å²) in [5, 5.41) is 0. The Labute approximate surface area is 528 Å². The van der Waals surface area contributed by atoms with Gasteiger partial charge in [0.05, 0.1) is 133 Å². The number of methoxy groups -OCH3 is 4. The van der Waals surface area contributed by atoms with Crippen LogP contribution in [-0.2, 0) is 137 Å². The number of aldehydes is 1. The van der Waals surface area contributed by atoms with Gasteiger partial charge in [0.25, 0.3) is 0 Å². The molecule has 8 aromatic rings. The smallest absolute Gasteiger partial charge is 0.184 e. The first kappa shape index (κ1) is 67.5. The van der Waals surface area contributed by atoms with Gasteiger partial charge in [-0.2, -0.15) is 0 Å². The fourth-order valence-corrected chi connectivity index (χ4v) is 11.3. The molecule has 0 fully saturated rings. The van der Waals surface area contributed by atoms with Crippen molar-refractivity contribution in [3.05, 3.63) is 257 Å². The van der Waals surface area contributed by atoms with Gasteiger partial charge in [0.1, 0.15) is 23.0 Å². The molecule has 0 radical (unpaired) electrons. The summed E-state index contributed by atoms with van der Waals surface area (Å²) >= 11 is 0. The van der Waals surface area contributed by atoms with Crippen LogP contribution in [0, 0.1) is 27.7 Å². The van der Waals surface area contributed by atoms with E-state index < -0.39 is 8.32 Å². The summed E-state index contributed by atoms with van der Waals surface area (Å²) in [6.07, 6.45) is 0.811. The first-order chi connectivity index (χ1) is 43.1. The fourth-order valence-electron chi connectivity index (χ4n) is 10.7. The van der Waals surface area contributed by atoms with Crippen LogP contribution in [0.5, 0.6) is 23.0 Å². The van der Waals surface area contributed by atoms with Gasteiger partial charge in [0.15, 0.2) is 14.6 Å². The van der Waals surface area contributed by atoms with Gasteiger partial charge in [-0.15, -0.1) is 0 Å². The van der Waals surface area contributed by atoms with Gasteiger partial charge in [-0.05, 0) is 103 Å². The summed E-state index contributed by atoms with van der Waals surface area (Å²) in [6, 6.07) is 49.7. The van der Waals surface area contributed by atoms with E-state index in [9.17, 15) is 4.79 Å². The van der Waals surface area contributed by atoms with E-state index >= 15 is 0 Å². The Hall–Kier alpha value is -7.47. The Bertz CT molecular complexity index is 3520. The van der Waals surface area contributed by atoms with Crippen molar-refractivity contribution in [1.82, 2.24) is 0 Å². The molecule has 0 atom stereocenters. The molecule has 0 unspecified atom stereocenters. The minimum atomic E-state index is -1.57. The van der Waals surface area contributed by atoms with Gasteiger partial charge >= 0.3 is 0 Å². The van der Waals surface area contributed by atoms with Crippen molar-refractivity contribution in [2.45, 2.75) is 146 Å². The van der Waals surface area contributed by atoms with Crippen LogP contribution in [0.1, 0.15) is 116 Å². The number of benzene rings is 8. The molecule has 89 heavy (non-hydrogen) atoms. The van der Waals surface area contributed by atoms with Crippen LogP contribution in [0.15, 0.2) is 146 Å². The maximum Gasteiger partial charge on any atom is 0.184 e. The molecule has 0 aliphatic carbocycles. The van der Waals surface area contributed by atoms with E-state index in [0.29, 0.717) is 110 Å². The van der Waals surface area contributed by atoms with E-state index in [-0.39, 0.29) is 0 Å². The predicted molar refractivity (Wildman–Crippen MR) is 350 cm³/mol. The van der Waals surface area contributed by atoms with Crippen LogP contribution in [0.2, 0.25) is 19.6 Å². The molecule has 0 saturated heterocycles. The highest BCUT2D eigenvalue weighted by molar-refractivity contribution is 6.69. The number of aryl methyl sites for hydroxylation is 4. The molecular formula is C75H88O13Si. The highest BCUT2D eigenvalue weighted by Crippen LogP contribution is 2.32. The summed E-state index contributed by atoms with van der Waals surface area (Å²) in [5.41, 5.74) is 20.1. The van der Waals surface area contributed by atoms with Gasteiger partial charge in [0.2, 0.25) is 0 Å². The quantitative estimate of drug-likeness (QED) is 0.0273. The first-order valence-electron chi connectivity index (χ1n) is 30.2. The number of hydrogen-bond donors (Lipinski definition) is 0. The molecular weight excluding hydrogens is 1140 g/mol. The van der Waals surface area contributed by atoms with E-state index in [1.807, 2.05) is 43.3 Å². The third-order valence-electron chi connectivity index (χ3n) is 14.9. The van der Waals surface area contributed by atoms with Crippen molar-refractivity contribution in [1.29, 1.82) is 0 Å². The molecule has 0 N–H and O–H groups in total. The molecule has 14 heteroatoms. The van der Waals surface area contributed by atoms with Crippen LogP contribution in [0.25, 0.3) is 0 Å². The maximum atomic E-state index is 11.5. The molecule has 13 nitrogen and oxygen atoms in total. The molecule has 8 aromatic carbocycles. The van der Waals surface area contributed by atoms with Crippen molar-refractivity contribution < 1.29 is 61.3 Å². The van der Waals surface area contributed by atoms with Gasteiger partial charge in [-0.25, -0.2) is 0 Å². The van der Waals surface area contributed by atoms with Crippen LogP contribution in [0.4, 0.5) is 0 Å². The SMILES string of the molecule is COc1c(C=O)cc(C)cc1COCc1ccc(COCc2cc(C)cc(COCc3ccc(COCc4cc(C)cc(COCc5ccc(COCc6cc(C)cc(COCc7ccc(CO[Si](C)(C)C)cc7)c6OC)cc5)c4OC)cc3)c2OC)cc1. The monoisotopic (exact) mass is 1220 g/mol. The number of carbonyl (C=O) groups is 1. The fraction of sp³-hybridized carbons (Fsp3) is 0.347. The number of carbonyl (C=O) groups excluding carboxylic acids is 1. The summed E-state index contributed by atoms with van der Waals surface area (Å²) < 4.78 is 72.7. The Morgan fingerprint density at radius 2 is 0.472 bits per heavy atom. The van der Waals surface area contributed by atoms with Crippen molar-refractivity contribution >= 4 is 14.6 Å². The van der Waals surface area contributed by atoms with Gasteiger partial charge in [-0.3, -0.25) is 4.79 Å². The molecule has 0 amide bonds. The zero-order valence-corrected chi connectivity index (χ0v) is 54.8. The molecule has 8 rings (SSSR count). The van der Waals surface area contributed by atoms with E-state index in [0.717, 1.165) is 124 Å². The molecule has 0 saturated carbocycles. The van der Waals surface area contributed by atoms with Crippen LogP contribution >= 0.6 is 0 Å². The lowest BCUT2D eigenvalue weighted by molar-refractivity contribution is 0.0980. The second-order valence-electron chi connectivity index (χ2n) is 23.6. The summed E-state index contributed by atoms with van der Waals surface area (Å²) in [6.45, 7) is 21.3. The van der Waals surface area contributed by atoms with E-state index in [4.69, 9.17) is 56.5 Å². The zero-order chi connectivity index (χ0) is 63.1. The second-order valence-corrected chi connectivity index (χ2v) is 28.1. The second kappa shape index (κ2) is 33.9. The average Bonchev–Trinajstić information content (AvgIpc) is 3.48. The highest BCUT2D eigenvalue weighted by atomic mass is 28.4. The van der Waals surface area contributed by atoms with Crippen LogP contribution in [0.3, 0.4) is 0 Å². The van der Waals surface area contributed by atoms with E-state index in [2.05, 4.69) is 150 Å². The number of ether oxygens (including phenoxy) is 11. The van der Waals surface area contributed by atoms with E-state index in [1.54, 1.807) is 28.4 Å². The van der Waals surface area contributed by atoms with E-state index in [1.165, 1.54) is 5.56 Å². The standard InChI is InChI=1S/C75H88O13Si/c1-52-28-64(36-76)72(77-5)65(29-52)45-81-37-56-12-14-57(15-13-56)38-82-46-66-30-53(2)31-67(73(66)78-6)47-83-39-58-16-18-59(19-17-58)40-84-48-68-32-54(3)33-69(74(68)79-7)49-85-41-60-20-22-61(23-21-60)42-86-50-70-34-55(4)35-71(75(70)80-8)51-87-43-62-24-26-63(27-25-62)44-88-89(9,10)11/h12-36H,37-51H2,1-11H3. The molecule has 0 heterocycles. The third-order valence-corrected chi connectivity index (χ3v) is 15.9. The van der Waals surface area contributed by atoms with Gasteiger partial charge in [-0.1, -0.05) is 156 Å². The first-order valence-corrected chi connectivity index (χ1v) is 33.6. The van der Waals surface area contributed by atoms with Gasteiger partial charge in [0, 0.05) is 38.9 Å². The minimum Gasteiger partial charge on any atom is -0.496 e. The molecule has 0 spiro atoms. The van der Waals surface area contributed by atoms with Crippen molar-refractivity contribution in [2.24, 2.45) is 0 Å². The maximum absolute atomic E-state index is 11.5. The Kier molecular flexibility index (Phi) is 25.7. The lowest BCUT2D eigenvalue weighted by Gasteiger charge is -2.17.